The van der Waals surface area contributed by atoms with Crippen molar-refractivity contribution in [3.05, 3.63) is 98.5 Å². The van der Waals surface area contributed by atoms with Crippen molar-refractivity contribution in [1.29, 1.82) is 0 Å². The van der Waals surface area contributed by atoms with E-state index in [0.717, 1.165) is 10.0 Å². The molecule has 0 heterocycles. The molecule has 0 aliphatic heterocycles. The van der Waals surface area contributed by atoms with Gasteiger partial charge >= 0.3 is 0 Å². The van der Waals surface area contributed by atoms with Crippen LogP contribution in [0.25, 0.3) is 0 Å². The van der Waals surface area contributed by atoms with Crippen molar-refractivity contribution in [1.82, 2.24) is 5.43 Å². The fourth-order valence-corrected chi connectivity index (χ4v) is 3.69. The maximum absolute atomic E-state index is 12.6. The topological polar surface area (TPSA) is 69.2 Å². The molecule has 0 fully saturated rings. The van der Waals surface area contributed by atoms with Crippen LogP contribution in [0.2, 0.25) is 10.0 Å². The van der Waals surface area contributed by atoms with Crippen LogP contribution in [0.1, 0.15) is 21.5 Å². The van der Waals surface area contributed by atoms with E-state index in [0.29, 0.717) is 45.0 Å². The Morgan fingerprint density at radius 1 is 1.06 bits per heavy atom. The van der Waals surface area contributed by atoms with Crippen molar-refractivity contribution in [2.24, 2.45) is 5.10 Å². The molecule has 0 unspecified atom stereocenters. The molecule has 3 rings (SSSR count). The third-order valence-electron chi connectivity index (χ3n) is 4.52. The summed E-state index contributed by atoms with van der Waals surface area (Å²) >= 11 is 15.6. The van der Waals surface area contributed by atoms with E-state index >= 15 is 0 Å². The summed E-state index contributed by atoms with van der Waals surface area (Å²) in [7, 11) is 1.50. The van der Waals surface area contributed by atoms with Crippen LogP contribution in [-0.4, -0.2) is 25.8 Å². The summed E-state index contributed by atoms with van der Waals surface area (Å²) in [6.07, 6.45) is 3.12. The van der Waals surface area contributed by atoms with Gasteiger partial charge in [0.2, 0.25) is 0 Å². The Labute approximate surface area is 216 Å². The van der Waals surface area contributed by atoms with Crippen LogP contribution in [0.15, 0.2) is 76.8 Å². The second-order valence-electron chi connectivity index (χ2n) is 6.87. The molecule has 3 aromatic rings. The van der Waals surface area contributed by atoms with Crippen LogP contribution in [0.5, 0.6) is 17.2 Å². The molecule has 0 radical (unpaired) electrons. The predicted octanol–water partition coefficient (Wildman–Crippen LogP) is 6.67. The van der Waals surface area contributed by atoms with Gasteiger partial charge in [-0.25, -0.2) is 5.43 Å². The van der Waals surface area contributed by atoms with Crippen LogP contribution in [0.4, 0.5) is 0 Å². The number of nitrogens with zero attached hydrogens (tertiary/aromatic N) is 1. The number of ether oxygens (including phenoxy) is 3. The van der Waals surface area contributed by atoms with E-state index in [9.17, 15) is 4.79 Å². The van der Waals surface area contributed by atoms with E-state index in [1.807, 2.05) is 12.1 Å². The number of nitrogens with one attached hydrogen (secondary N) is 1. The molecule has 0 aliphatic carbocycles. The zero-order valence-corrected chi connectivity index (χ0v) is 21.3. The maximum Gasteiger partial charge on any atom is 0.271 e. The summed E-state index contributed by atoms with van der Waals surface area (Å²) in [5.41, 5.74) is 4.32. The summed E-state index contributed by atoms with van der Waals surface area (Å²) in [6, 6.07) is 15.5. The number of carbonyl (C=O) groups is 1. The quantitative estimate of drug-likeness (QED) is 0.170. The first-order chi connectivity index (χ1) is 16.4. The normalized spacial score (nSPS) is 10.7. The summed E-state index contributed by atoms with van der Waals surface area (Å²) < 4.78 is 17.6. The second kappa shape index (κ2) is 12.5. The number of rotatable bonds is 10. The zero-order valence-electron chi connectivity index (χ0n) is 18.2. The van der Waals surface area contributed by atoms with Crippen molar-refractivity contribution < 1.29 is 19.0 Å². The maximum atomic E-state index is 12.6. The Morgan fingerprint density at radius 3 is 2.59 bits per heavy atom. The van der Waals surface area contributed by atoms with E-state index in [-0.39, 0.29) is 6.61 Å². The minimum atomic E-state index is -0.407. The first-order valence-electron chi connectivity index (χ1n) is 10.0. The summed E-state index contributed by atoms with van der Waals surface area (Å²) in [5, 5.41) is 5.15. The SMILES string of the molecule is C=CCOc1ccc(C(=O)N/N=C/c2cc(Br)ccc2OCc2ccc(Cl)cc2Cl)cc1OC. The van der Waals surface area contributed by atoms with Crippen molar-refractivity contribution in [3.8, 4) is 17.2 Å². The second-order valence-corrected chi connectivity index (χ2v) is 8.63. The Balaban J connectivity index is 1.69. The minimum absolute atomic E-state index is 0.241. The molecular formula is C25H21BrCl2N2O4. The molecule has 9 heteroatoms. The summed E-state index contributed by atoms with van der Waals surface area (Å²) in [6.45, 7) is 4.18. The predicted molar refractivity (Wildman–Crippen MR) is 139 cm³/mol. The van der Waals surface area contributed by atoms with Crippen LogP contribution in [0.3, 0.4) is 0 Å². The highest BCUT2D eigenvalue weighted by Gasteiger charge is 2.11. The Bertz CT molecular complexity index is 1220. The van der Waals surface area contributed by atoms with Gasteiger partial charge in [0, 0.05) is 31.2 Å². The lowest BCUT2D eigenvalue weighted by molar-refractivity contribution is 0.0954. The van der Waals surface area contributed by atoms with Crippen LogP contribution < -0.4 is 19.6 Å². The van der Waals surface area contributed by atoms with Gasteiger partial charge in [-0.15, -0.1) is 0 Å². The number of hydrogen-bond donors (Lipinski definition) is 1. The van der Waals surface area contributed by atoms with Gasteiger partial charge < -0.3 is 14.2 Å². The first-order valence-corrected chi connectivity index (χ1v) is 11.6. The molecule has 0 bridgehead atoms. The highest BCUT2D eigenvalue weighted by molar-refractivity contribution is 9.10. The number of hydrogen-bond acceptors (Lipinski definition) is 5. The lowest BCUT2D eigenvalue weighted by Crippen LogP contribution is -2.17. The molecule has 6 nitrogen and oxygen atoms in total. The van der Waals surface area contributed by atoms with Crippen molar-refractivity contribution in [2.45, 2.75) is 6.61 Å². The third kappa shape index (κ3) is 7.00. The smallest absolute Gasteiger partial charge is 0.271 e. The minimum Gasteiger partial charge on any atom is -0.493 e. The number of amides is 1. The summed E-state index contributed by atoms with van der Waals surface area (Å²) in [4.78, 5) is 12.6. The van der Waals surface area contributed by atoms with Crippen molar-refractivity contribution in [2.75, 3.05) is 13.7 Å². The average molecular weight is 564 g/mol. The van der Waals surface area contributed by atoms with Gasteiger partial charge in [-0.2, -0.15) is 5.10 Å². The largest absolute Gasteiger partial charge is 0.493 e. The molecule has 3 aromatic carbocycles. The van der Waals surface area contributed by atoms with Crippen molar-refractivity contribution >= 4 is 51.3 Å². The Morgan fingerprint density at radius 2 is 1.85 bits per heavy atom. The molecule has 0 spiro atoms. The molecule has 0 aromatic heterocycles. The van der Waals surface area contributed by atoms with E-state index in [4.69, 9.17) is 37.4 Å². The van der Waals surface area contributed by atoms with Gasteiger partial charge in [0.15, 0.2) is 11.5 Å². The van der Waals surface area contributed by atoms with Gasteiger partial charge in [-0.05, 0) is 48.5 Å². The molecule has 0 aliphatic rings. The van der Waals surface area contributed by atoms with Crippen LogP contribution >= 0.6 is 39.1 Å². The van der Waals surface area contributed by atoms with Crippen LogP contribution in [-0.2, 0) is 6.61 Å². The lowest BCUT2D eigenvalue weighted by Gasteiger charge is -2.11. The molecule has 1 amide bonds. The van der Waals surface area contributed by atoms with E-state index in [1.54, 1.807) is 48.5 Å². The van der Waals surface area contributed by atoms with E-state index in [1.165, 1.54) is 13.3 Å². The molecule has 0 atom stereocenters. The van der Waals surface area contributed by atoms with Gasteiger partial charge in [0.05, 0.1) is 13.3 Å². The highest BCUT2D eigenvalue weighted by atomic mass is 79.9. The van der Waals surface area contributed by atoms with E-state index < -0.39 is 5.91 Å². The molecule has 1 N–H and O–H groups in total. The molecule has 176 valence electrons. The molecule has 0 saturated carbocycles. The van der Waals surface area contributed by atoms with Gasteiger partial charge in [0.25, 0.3) is 5.91 Å². The Hall–Kier alpha value is -3.00. The fourth-order valence-electron chi connectivity index (χ4n) is 2.85. The monoisotopic (exact) mass is 562 g/mol. The van der Waals surface area contributed by atoms with Crippen LogP contribution in [0, 0.1) is 0 Å². The number of benzene rings is 3. The Kier molecular flexibility index (Phi) is 9.39. The van der Waals surface area contributed by atoms with Gasteiger partial charge in [0.1, 0.15) is 19.0 Å². The van der Waals surface area contributed by atoms with Gasteiger partial charge in [-0.3, -0.25) is 4.79 Å². The summed E-state index contributed by atoms with van der Waals surface area (Å²) in [5.74, 6) is 1.11. The number of carbonyl (C=O) groups excluding carboxylic acids is 1. The first kappa shape index (κ1) is 25.6. The number of hydrazone groups is 1. The zero-order chi connectivity index (χ0) is 24.5. The van der Waals surface area contributed by atoms with Gasteiger partial charge in [-0.1, -0.05) is 57.9 Å². The standard InChI is InChI=1S/C25H21BrCl2N2O4/c1-3-10-33-23-8-5-16(12-24(23)32-2)25(31)30-29-14-18-11-19(26)6-9-22(18)34-15-17-4-7-20(27)13-21(17)28/h3-9,11-14H,1,10,15H2,2H3,(H,30,31)/b29-14+. The number of halogens is 3. The molecular weight excluding hydrogens is 543 g/mol. The van der Waals surface area contributed by atoms with Crippen molar-refractivity contribution in [3.63, 3.8) is 0 Å². The van der Waals surface area contributed by atoms with E-state index in [2.05, 4.69) is 33.0 Å². The average Bonchev–Trinajstić information content (AvgIpc) is 2.83. The molecule has 34 heavy (non-hydrogen) atoms. The third-order valence-corrected chi connectivity index (χ3v) is 5.60. The highest BCUT2D eigenvalue weighted by Crippen LogP contribution is 2.28. The molecule has 0 saturated heterocycles. The fraction of sp³-hybridized carbons (Fsp3) is 0.120. The lowest BCUT2D eigenvalue weighted by atomic mass is 10.2. The number of methoxy groups -OCH3 is 1.